The molecule has 1 aliphatic heterocycles. The van der Waals surface area contributed by atoms with Crippen molar-refractivity contribution in [2.24, 2.45) is 0 Å². The zero-order valence-electron chi connectivity index (χ0n) is 10.2. The van der Waals surface area contributed by atoms with E-state index >= 15 is 0 Å². The van der Waals surface area contributed by atoms with Crippen LogP contribution in [0.25, 0.3) is 0 Å². The lowest BCUT2D eigenvalue weighted by atomic mass is 10.1. The van der Waals surface area contributed by atoms with Crippen LogP contribution in [-0.4, -0.2) is 11.8 Å². The summed E-state index contributed by atoms with van der Waals surface area (Å²) < 4.78 is 13.2. The van der Waals surface area contributed by atoms with Crippen molar-refractivity contribution in [3.8, 4) is 0 Å². The molecule has 0 aliphatic carbocycles. The van der Waals surface area contributed by atoms with Crippen LogP contribution in [0.2, 0.25) is 5.02 Å². The van der Waals surface area contributed by atoms with Gasteiger partial charge in [-0.25, -0.2) is 4.39 Å². The second-order valence-corrected chi connectivity index (χ2v) is 6.31. The summed E-state index contributed by atoms with van der Waals surface area (Å²) in [5, 5.41) is 4.26. The molecule has 0 aromatic heterocycles. The minimum absolute atomic E-state index is 0.269. The highest BCUT2D eigenvalue weighted by atomic mass is 35.5. The molecule has 0 amide bonds. The Balaban J connectivity index is 1.64. The third-order valence-electron chi connectivity index (χ3n) is 3.16. The molecule has 2 aromatic rings. The highest BCUT2D eigenvalue weighted by molar-refractivity contribution is 8.00. The number of benzene rings is 2. The van der Waals surface area contributed by atoms with Crippen molar-refractivity contribution in [2.75, 3.05) is 11.9 Å². The lowest BCUT2D eigenvalue weighted by Gasteiger charge is -2.12. The van der Waals surface area contributed by atoms with Crippen molar-refractivity contribution in [1.82, 2.24) is 0 Å². The number of thioether (sulfide) groups is 1. The Bertz CT molecular complexity index is 577. The van der Waals surface area contributed by atoms with Gasteiger partial charge in [0.15, 0.2) is 0 Å². The SMILES string of the molecule is Fc1ccc(Cl)c(NCC2Cc3ccccc3S2)c1. The van der Waals surface area contributed by atoms with Crippen molar-refractivity contribution in [1.29, 1.82) is 0 Å². The standard InChI is InChI=1S/C15H13ClFNS/c16-13-6-5-11(17)8-14(13)18-9-12-7-10-3-1-2-4-15(10)19-12/h1-6,8,12,18H,7,9H2. The first kappa shape index (κ1) is 12.8. The fourth-order valence-electron chi connectivity index (χ4n) is 2.22. The van der Waals surface area contributed by atoms with Crippen LogP contribution in [0, 0.1) is 5.82 Å². The number of rotatable bonds is 3. The summed E-state index contributed by atoms with van der Waals surface area (Å²) in [6.07, 6.45) is 1.04. The van der Waals surface area contributed by atoms with Gasteiger partial charge in [-0.15, -0.1) is 11.8 Å². The maximum atomic E-state index is 13.2. The lowest BCUT2D eigenvalue weighted by Crippen LogP contribution is -2.16. The van der Waals surface area contributed by atoms with Crippen molar-refractivity contribution in [2.45, 2.75) is 16.6 Å². The Morgan fingerprint density at radius 3 is 2.95 bits per heavy atom. The van der Waals surface area contributed by atoms with Crippen LogP contribution in [0.5, 0.6) is 0 Å². The van der Waals surface area contributed by atoms with Gasteiger partial charge in [-0.05, 0) is 36.2 Å². The summed E-state index contributed by atoms with van der Waals surface area (Å²) in [6, 6.07) is 12.8. The molecule has 19 heavy (non-hydrogen) atoms. The molecule has 4 heteroatoms. The molecule has 0 fully saturated rings. The molecule has 0 saturated heterocycles. The van der Waals surface area contributed by atoms with Gasteiger partial charge < -0.3 is 5.32 Å². The van der Waals surface area contributed by atoms with Crippen molar-refractivity contribution < 1.29 is 4.39 Å². The summed E-state index contributed by atoms with van der Waals surface area (Å²) in [4.78, 5) is 1.35. The average Bonchev–Trinajstić information content (AvgIpc) is 2.82. The van der Waals surface area contributed by atoms with Crippen molar-refractivity contribution in [3.05, 3.63) is 58.9 Å². The van der Waals surface area contributed by atoms with Crippen LogP contribution >= 0.6 is 23.4 Å². The Morgan fingerprint density at radius 1 is 1.26 bits per heavy atom. The molecule has 1 N–H and O–H groups in total. The third-order valence-corrected chi connectivity index (χ3v) is 4.81. The number of nitrogens with one attached hydrogen (secondary N) is 1. The third kappa shape index (κ3) is 2.88. The molecule has 1 aliphatic rings. The fraction of sp³-hybridized carbons (Fsp3) is 0.200. The Hall–Kier alpha value is -1.19. The molecular formula is C15H13ClFNS. The average molecular weight is 294 g/mol. The number of hydrogen-bond acceptors (Lipinski definition) is 2. The van der Waals surface area contributed by atoms with E-state index in [0.29, 0.717) is 16.0 Å². The molecular weight excluding hydrogens is 281 g/mol. The molecule has 1 heterocycles. The minimum atomic E-state index is -0.269. The summed E-state index contributed by atoms with van der Waals surface area (Å²) in [6.45, 7) is 0.780. The maximum Gasteiger partial charge on any atom is 0.125 e. The van der Waals surface area contributed by atoms with E-state index in [1.807, 2.05) is 11.8 Å². The highest BCUT2D eigenvalue weighted by Gasteiger charge is 2.21. The van der Waals surface area contributed by atoms with E-state index < -0.39 is 0 Å². The number of halogens is 2. The molecule has 0 bridgehead atoms. The van der Waals surface area contributed by atoms with E-state index in [-0.39, 0.29) is 5.82 Å². The van der Waals surface area contributed by atoms with E-state index in [4.69, 9.17) is 11.6 Å². The van der Waals surface area contributed by atoms with Gasteiger partial charge in [-0.1, -0.05) is 29.8 Å². The summed E-state index contributed by atoms with van der Waals surface area (Å²) >= 11 is 7.90. The van der Waals surface area contributed by atoms with Gasteiger partial charge >= 0.3 is 0 Å². The topological polar surface area (TPSA) is 12.0 Å². The van der Waals surface area contributed by atoms with E-state index in [9.17, 15) is 4.39 Å². The molecule has 0 saturated carbocycles. The molecule has 1 nitrogen and oxygen atoms in total. The molecule has 1 unspecified atom stereocenters. The smallest absolute Gasteiger partial charge is 0.125 e. The summed E-state index contributed by atoms with van der Waals surface area (Å²) in [5.41, 5.74) is 2.06. The monoisotopic (exact) mass is 293 g/mol. The highest BCUT2D eigenvalue weighted by Crippen LogP contribution is 2.37. The van der Waals surface area contributed by atoms with Gasteiger partial charge in [0.1, 0.15) is 5.82 Å². The fourth-order valence-corrected chi connectivity index (χ4v) is 3.66. The van der Waals surface area contributed by atoms with Crippen molar-refractivity contribution in [3.63, 3.8) is 0 Å². The van der Waals surface area contributed by atoms with E-state index in [0.717, 1.165) is 13.0 Å². The van der Waals surface area contributed by atoms with Gasteiger partial charge in [0, 0.05) is 16.7 Å². The normalized spacial score (nSPS) is 17.3. The van der Waals surface area contributed by atoms with Gasteiger partial charge in [-0.3, -0.25) is 0 Å². The molecule has 1 atom stereocenters. The van der Waals surface area contributed by atoms with Gasteiger partial charge in [0.2, 0.25) is 0 Å². The first-order valence-electron chi connectivity index (χ1n) is 6.16. The predicted octanol–water partition coefficient (Wildman–Crippen LogP) is 4.61. The number of hydrogen-bond donors (Lipinski definition) is 1. The van der Waals surface area contributed by atoms with Gasteiger partial charge in [0.25, 0.3) is 0 Å². The van der Waals surface area contributed by atoms with Crippen LogP contribution in [0.15, 0.2) is 47.4 Å². The number of anilines is 1. The van der Waals surface area contributed by atoms with E-state index in [1.165, 1.54) is 22.6 Å². The van der Waals surface area contributed by atoms with Gasteiger partial charge in [-0.2, -0.15) is 0 Å². The zero-order valence-corrected chi connectivity index (χ0v) is 11.8. The second kappa shape index (κ2) is 5.43. The minimum Gasteiger partial charge on any atom is -0.383 e. The quantitative estimate of drug-likeness (QED) is 0.887. The van der Waals surface area contributed by atoms with Crippen LogP contribution in [0.1, 0.15) is 5.56 Å². The molecule has 0 spiro atoms. The first-order valence-corrected chi connectivity index (χ1v) is 7.41. The Morgan fingerprint density at radius 2 is 2.11 bits per heavy atom. The van der Waals surface area contributed by atoms with Crippen LogP contribution in [-0.2, 0) is 6.42 Å². The summed E-state index contributed by atoms with van der Waals surface area (Å²) in [5.74, 6) is -0.269. The lowest BCUT2D eigenvalue weighted by molar-refractivity contribution is 0.628. The second-order valence-electron chi connectivity index (χ2n) is 4.56. The Kier molecular flexibility index (Phi) is 3.67. The van der Waals surface area contributed by atoms with Crippen LogP contribution < -0.4 is 5.32 Å². The first-order chi connectivity index (χ1) is 9.22. The largest absolute Gasteiger partial charge is 0.383 e. The van der Waals surface area contributed by atoms with Gasteiger partial charge in [0.05, 0.1) is 10.7 Å². The number of fused-ring (bicyclic) bond motifs is 1. The predicted molar refractivity (Wildman–Crippen MR) is 79.7 cm³/mol. The summed E-state index contributed by atoms with van der Waals surface area (Å²) in [7, 11) is 0. The van der Waals surface area contributed by atoms with E-state index in [2.05, 4.69) is 29.6 Å². The van der Waals surface area contributed by atoms with Crippen molar-refractivity contribution >= 4 is 29.1 Å². The molecule has 98 valence electrons. The van der Waals surface area contributed by atoms with Crippen LogP contribution in [0.4, 0.5) is 10.1 Å². The zero-order chi connectivity index (χ0) is 13.2. The molecule has 2 aromatic carbocycles. The maximum absolute atomic E-state index is 13.2. The molecule has 0 radical (unpaired) electrons. The van der Waals surface area contributed by atoms with Crippen LogP contribution in [0.3, 0.4) is 0 Å². The Labute approximate surface area is 121 Å². The van der Waals surface area contributed by atoms with E-state index in [1.54, 1.807) is 6.07 Å². The molecule has 3 rings (SSSR count).